The van der Waals surface area contributed by atoms with Crippen LogP contribution in [0, 0.1) is 0 Å². The van der Waals surface area contributed by atoms with E-state index in [0.717, 1.165) is 12.8 Å². The molecule has 0 aromatic heterocycles. The average Bonchev–Trinajstić information content (AvgIpc) is 2.77. The second-order valence-corrected chi connectivity index (χ2v) is 5.11. The van der Waals surface area contributed by atoms with E-state index in [0.29, 0.717) is 12.8 Å². The van der Waals surface area contributed by atoms with Crippen LogP contribution in [0.1, 0.15) is 31.2 Å². The Labute approximate surface area is 106 Å². The first-order chi connectivity index (χ1) is 8.52. The Morgan fingerprint density at radius 1 is 1.17 bits per heavy atom. The van der Waals surface area contributed by atoms with Gasteiger partial charge in [0, 0.05) is 12.1 Å². The second kappa shape index (κ2) is 5.33. The van der Waals surface area contributed by atoms with Crippen molar-refractivity contribution in [2.75, 3.05) is 13.1 Å². The molecule has 0 amide bonds. The van der Waals surface area contributed by atoms with E-state index >= 15 is 0 Å². The number of rotatable bonds is 5. The summed E-state index contributed by atoms with van der Waals surface area (Å²) in [6.07, 6.45) is 3.37. The summed E-state index contributed by atoms with van der Waals surface area (Å²) in [6.45, 7) is -0.186. The highest BCUT2D eigenvalue weighted by atomic mass is 19.3. The third-order valence-electron chi connectivity index (χ3n) is 3.53. The Morgan fingerprint density at radius 2 is 1.78 bits per heavy atom. The Bertz CT molecular complexity index is 375. The van der Waals surface area contributed by atoms with Gasteiger partial charge in [-0.2, -0.15) is 8.78 Å². The molecule has 2 rings (SSSR count). The van der Waals surface area contributed by atoms with Crippen LogP contribution in [0.3, 0.4) is 0 Å². The van der Waals surface area contributed by atoms with E-state index in [9.17, 15) is 13.9 Å². The first-order valence-electron chi connectivity index (χ1n) is 6.38. The van der Waals surface area contributed by atoms with Crippen LogP contribution >= 0.6 is 0 Å². The molecule has 18 heavy (non-hydrogen) atoms. The predicted octanol–water partition coefficient (Wildman–Crippen LogP) is 2.67. The van der Waals surface area contributed by atoms with Crippen molar-refractivity contribution in [1.82, 2.24) is 5.32 Å². The van der Waals surface area contributed by atoms with E-state index in [1.807, 2.05) is 0 Å². The zero-order chi connectivity index (χ0) is 13.1. The zero-order valence-corrected chi connectivity index (χ0v) is 10.3. The molecule has 0 heterocycles. The average molecular weight is 255 g/mol. The summed E-state index contributed by atoms with van der Waals surface area (Å²) in [7, 11) is 0. The van der Waals surface area contributed by atoms with Gasteiger partial charge in [0.15, 0.2) is 0 Å². The SMILES string of the molecule is OC1(CNCC(F)(F)c2ccccc2)CCCC1. The van der Waals surface area contributed by atoms with Crippen LogP contribution in [-0.2, 0) is 5.92 Å². The van der Waals surface area contributed by atoms with Gasteiger partial charge >= 0.3 is 0 Å². The lowest BCUT2D eigenvalue weighted by atomic mass is 10.0. The Morgan fingerprint density at radius 3 is 2.39 bits per heavy atom. The Kier molecular flexibility index (Phi) is 3.97. The summed E-state index contributed by atoms with van der Waals surface area (Å²) in [6, 6.07) is 7.77. The molecule has 0 bridgehead atoms. The van der Waals surface area contributed by atoms with Crippen molar-refractivity contribution in [3.05, 3.63) is 35.9 Å². The van der Waals surface area contributed by atoms with Crippen LogP contribution in [0.15, 0.2) is 30.3 Å². The van der Waals surface area contributed by atoms with E-state index in [1.165, 1.54) is 12.1 Å². The molecule has 2 nitrogen and oxygen atoms in total. The fraction of sp³-hybridized carbons (Fsp3) is 0.571. The van der Waals surface area contributed by atoms with Crippen LogP contribution in [0.4, 0.5) is 8.78 Å². The minimum Gasteiger partial charge on any atom is -0.389 e. The number of hydrogen-bond acceptors (Lipinski definition) is 2. The maximum absolute atomic E-state index is 13.8. The summed E-state index contributed by atoms with van der Waals surface area (Å²) in [5.74, 6) is -2.89. The van der Waals surface area contributed by atoms with Gasteiger partial charge in [-0.05, 0) is 12.8 Å². The number of alkyl halides is 2. The van der Waals surface area contributed by atoms with Gasteiger partial charge in [-0.15, -0.1) is 0 Å². The first-order valence-corrected chi connectivity index (χ1v) is 6.38. The Balaban J connectivity index is 1.86. The second-order valence-electron chi connectivity index (χ2n) is 5.11. The smallest absolute Gasteiger partial charge is 0.285 e. The summed E-state index contributed by atoms with van der Waals surface area (Å²) in [4.78, 5) is 0. The Hall–Kier alpha value is -1.00. The third-order valence-corrected chi connectivity index (χ3v) is 3.53. The lowest BCUT2D eigenvalue weighted by molar-refractivity contribution is -0.0136. The van der Waals surface area contributed by atoms with Crippen LogP contribution < -0.4 is 5.32 Å². The minimum absolute atomic E-state index is 0.0101. The molecular weight excluding hydrogens is 236 g/mol. The van der Waals surface area contributed by atoms with E-state index in [-0.39, 0.29) is 12.1 Å². The molecule has 1 fully saturated rings. The molecule has 2 N–H and O–H groups in total. The van der Waals surface area contributed by atoms with Gasteiger partial charge < -0.3 is 10.4 Å². The molecule has 0 aliphatic heterocycles. The number of hydrogen-bond donors (Lipinski definition) is 2. The summed E-state index contributed by atoms with van der Waals surface area (Å²) >= 11 is 0. The molecule has 0 unspecified atom stereocenters. The quantitative estimate of drug-likeness (QED) is 0.848. The van der Waals surface area contributed by atoms with Gasteiger partial charge in [-0.3, -0.25) is 0 Å². The molecule has 1 saturated carbocycles. The molecule has 1 aromatic rings. The number of benzene rings is 1. The highest BCUT2D eigenvalue weighted by Crippen LogP contribution is 2.30. The maximum Gasteiger partial charge on any atom is 0.285 e. The summed E-state index contributed by atoms with van der Waals surface area (Å²) in [5, 5.41) is 12.8. The van der Waals surface area contributed by atoms with Gasteiger partial charge in [0.25, 0.3) is 5.92 Å². The number of halogens is 2. The van der Waals surface area contributed by atoms with Crippen molar-refractivity contribution in [2.45, 2.75) is 37.2 Å². The monoisotopic (exact) mass is 255 g/mol. The molecule has 100 valence electrons. The lowest BCUT2D eigenvalue weighted by Gasteiger charge is -2.24. The van der Waals surface area contributed by atoms with E-state index < -0.39 is 18.1 Å². The molecular formula is C14H19F2NO. The van der Waals surface area contributed by atoms with E-state index in [1.54, 1.807) is 18.2 Å². The summed E-state index contributed by atoms with van der Waals surface area (Å²) in [5.41, 5.74) is -0.775. The van der Waals surface area contributed by atoms with Crippen molar-refractivity contribution in [1.29, 1.82) is 0 Å². The molecule has 0 radical (unpaired) electrons. The molecule has 4 heteroatoms. The first kappa shape index (κ1) is 13.4. The molecule has 0 spiro atoms. The van der Waals surface area contributed by atoms with Crippen molar-refractivity contribution in [2.24, 2.45) is 0 Å². The highest BCUT2D eigenvalue weighted by Gasteiger charge is 2.34. The highest BCUT2D eigenvalue weighted by molar-refractivity contribution is 5.20. The van der Waals surface area contributed by atoms with Crippen LogP contribution in [0.5, 0.6) is 0 Å². The maximum atomic E-state index is 13.8. The third kappa shape index (κ3) is 3.27. The molecule has 1 aliphatic carbocycles. The van der Waals surface area contributed by atoms with E-state index in [2.05, 4.69) is 5.32 Å². The number of aliphatic hydroxyl groups is 1. The van der Waals surface area contributed by atoms with Crippen molar-refractivity contribution in [3.63, 3.8) is 0 Å². The van der Waals surface area contributed by atoms with Gasteiger partial charge in [-0.1, -0.05) is 43.2 Å². The van der Waals surface area contributed by atoms with Gasteiger partial charge in [-0.25, -0.2) is 0 Å². The molecule has 1 aliphatic rings. The largest absolute Gasteiger partial charge is 0.389 e. The fourth-order valence-corrected chi connectivity index (χ4v) is 2.45. The molecule has 1 aromatic carbocycles. The molecule has 0 atom stereocenters. The zero-order valence-electron chi connectivity index (χ0n) is 10.3. The minimum atomic E-state index is -2.89. The van der Waals surface area contributed by atoms with Gasteiger partial charge in [0.2, 0.25) is 0 Å². The predicted molar refractivity (Wildman–Crippen MR) is 66.6 cm³/mol. The van der Waals surface area contributed by atoms with Crippen LogP contribution in [0.2, 0.25) is 0 Å². The van der Waals surface area contributed by atoms with E-state index in [4.69, 9.17) is 0 Å². The lowest BCUT2D eigenvalue weighted by Crippen LogP contribution is -2.42. The van der Waals surface area contributed by atoms with Gasteiger partial charge in [0.05, 0.1) is 12.1 Å². The van der Waals surface area contributed by atoms with Gasteiger partial charge in [0.1, 0.15) is 0 Å². The standard InChI is InChI=1S/C14H19F2NO/c15-14(16,12-6-2-1-3-7-12)11-17-10-13(18)8-4-5-9-13/h1-3,6-7,17-18H,4-5,8-11H2. The molecule has 0 saturated heterocycles. The topological polar surface area (TPSA) is 32.3 Å². The van der Waals surface area contributed by atoms with Crippen LogP contribution in [0.25, 0.3) is 0 Å². The van der Waals surface area contributed by atoms with Crippen molar-refractivity contribution in [3.8, 4) is 0 Å². The fourth-order valence-electron chi connectivity index (χ4n) is 2.45. The normalized spacial score (nSPS) is 19.1. The van der Waals surface area contributed by atoms with Crippen molar-refractivity contribution >= 4 is 0 Å². The van der Waals surface area contributed by atoms with Crippen molar-refractivity contribution < 1.29 is 13.9 Å². The number of nitrogens with one attached hydrogen (secondary N) is 1. The van der Waals surface area contributed by atoms with Crippen LogP contribution in [-0.4, -0.2) is 23.8 Å². The summed E-state index contributed by atoms with van der Waals surface area (Å²) < 4.78 is 27.6.